The molecule has 0 saturated carbocycles. The van der Waals surface area contributed by atoms with Crippen LogP contribution in [0.2, 0.25) is 0 Å². The normalized spacial score (nSPS) is 12.9. The number of hydrogen-bond donors (Lipinski definition) is 0. The molecule has 72 heavy (non-hydrogen) atoms. The summed E-state index contributed by atoms with van der Waals surface area (Å²) in [5.74, 6) is 0. The molecule has 0 fully saturated rings. The molecule has 0 aliphatic carbocycles. The van der Waals surface area contributed by atoms with Crippen LogP contribution in [0.25, 0.3) is 88.4 Å². The molecule has 0 aliphatic heterocycles. The summed E-state index contributed by atoms with van der Waals surface area (Å²) in [5, 5.41) is 13.1. The fourth-order valence-electron chi connectivity index (χ4n) is 9.18. The summed E-state index contributed by atoms with van der Waals surface area (Å²) in [6, 6.07) is 32.6. The largest absolute Gasteiger partial charge is 0.416 e. The molecule has 362 valence electrons. The minimum absolute atomic E-state index is 0.0178. The van der Waals surface area contributed by atoms with Crippen molar-refractivity contribution in [2.24, 2.45) is 0 Å². The first-order valence-corrected chi connectivity index (χ1v) is 21.2. The van der Waals surface area contributed by atoms with Gasteiger partial charge in [0.25, 0.3) is 0 Å². The summed E-state index contributed by atoms with van der Waals surface area (Å²) in [7, 11) is 0. The third kappa shape index (κ3) is 8.31. The Kier molecular flexibility index (Phi) is 10.8. The van der Waals surface area contributed by atoms with Crippen molar-refractivity contribution in [1.29, 1.82) is 5.26 Å². The molecule has 0 aliphatic rings. The lowest BCUT2D eigenvalue weighted by Gasteiger charge is -2.19. The van der Waals surface area contributed by atoms with Crippen LogP contribution in [0, 0.1) is 11.3 Å². The van der Waals surface area contributed by atoms with Gasteiger partial charge in [-0.25, -0.2) is 0 Å². The molecule has 10 aromatic rings. The fourth-order valence-corrected chi connectivity index (χ4v) is 9.18. The zero-order valence-electron chi connectivity index (χ0n) is 36.0. The Hall–Kier alpha value is -8.20. The Morgan fingerprint density at radius 3 is 1.00 bits per heavy atom. The van der Waals surface area contributed by atoms with Gasteiger partial charge in [0.05, 0.1) is 61.3 Å². The predicted molar refractivity (Wildman–Crippen MR) is 241 cm³/mol. The zero-order chi connectivity index (χ0) is 51.4. The number of nitrogens with zero attached hydrogens (tertiary/aromatic N) is 3. The van der Waals surface area contributed by atoms with E-state index in [1.807, 2.05) is 0 Å². The van der Waals surface area contributed by atoms with E-state index in [1.165, 1.54) is 63.7 Å². The van der Waals surface area contributed by atoms with Gasteiger partial charge in [0.2, 0.25) is 0 Å². The monoisotopic (exact) mass is 1000 g/mol. The van der Waals surface area contributed by atoms with E-state index in [0.717, 1.165) is 18.2 Å². The standard InChI is InChI=1S/C54H26F15N3/c55-50(56,57)34-7-5-6-28(16-34)33-23-48(71-44-10-3-1-8-39(44)41-14-12-29(21-46(41)71)31-17-35(51(58,59)60)25-36(18-31)52(61,62)63)43(27-70)49(24-33)72-45-11-4-2-9-40(45)42-15-13-30(22-47(42)72)32-19-37(53(64,65)66)26-38(20-32)54(67,68)69/h1-26H. The highest BCUT2D eigenvalue weighted by Gasteiger charge is 2.39. The molecular weight excluding hydrogens is 976 g/mol. The van der Waals surface area contributed by atoms with Crippen molar-refractivity contribution in [3.05, 3.63) is 191 Å². The second kappa shape index (κ2) is 16.4. The number of alkyl halides is 15. The Balaban J connectivity index is 1.32. The molecule has 2 aromatic heterocycles. The van der Waals surface area contributed by atoms with Gasteiger partial charge in [-0.3, -0.25) is 0 Å². The molecule has 0 amide bonds. The van der Waals surface area contributed by atoms with Gasteiger partial charge in [-0.05, 0) is 118 Å². The zero-order valence-corrected chi connectivity index (χ0v) is 36.0. The third-order valence-corrected chi connectivity index (χ3v) is 12.4. The molecule has 0 unspecified atom stereocenters. The second-order valence-corrected chi connectivity index (χ2v) is 16.8. The molecule has 0 saturated heterocycles. The Morgan fingerprint density at radius 2 is 0.625 bits per heavy atom. The predicted octanol–water partition coefficient (Wildman–Crippen LogP) is 17.8. The van der Waals surface area contributed by atoms with Crippen LogP contribution in [0.5, 0.6) is 0 Å². The minimum Gasteiger partial charge on any atom is -0.308 e. The van der Waals surface area contributed by atoms with Crippen LogP contribution in [0.3, 0.4) is 0 Å². The molecule has 0 radical (unpaired) electrons. The smallest absolute Gasteiger partial charge is 0.308 e. The molecule has 2 heterocycles. The van der Waals surface area contributed by atoms with E-state index < -0.39 is 69.8 Å². The van der Waals surface area contributed by atoms with Crippen LogP contribution >= 0.6 is 0 Å². The number of rotatable bonds is 5. The van der Waals surface area contributed by atoms with E-state index in [2.05, 4.69) is 6.07 Å². The van der Waals surface area contributed by atoms with Crippen LogP contribution in [0.4, 0.5) is 65.9 Å². The lowest BCUT2D eigenvalue weighted by molar-refractivity contribution is -0.144. The van der Waals surface area contributed by atoms with Gasteiger partial charge in [-0.15, -0.1) is 0 Å². The summed E-state index contributed by atoms with van der Waals surface area (Å²) in [5.41, 5.74) is -7.89. The first-order chi connectivity index (χ1) is 33.8. The third-order valence-electron chi connectivity index (χ3n) is 12.4. The number of halogens is 15. The van der Waals surface area contributed by atoms with Gasteiger partial charge < -0.3 is 9.13 Å². The van der Waals surface area contributed by atoms with Crippen molar-refractivity contribution >= 4 is 43.6 Å². The van der Waals surface area contributed by atoms with Crippen LogP contribution < -0.4 is 0 Å². The first-order valence-electron chi connectivity index (χ1n) is 21.2. The molecule has 0 spiro atoms. The number of benzene rings is 8. The number of hydrogen-bond acceptors (Lipinski definition) is 1. The number of fused-ring (bicyclic) bond motifs is 6. The van der Waals surface area contributed by atoms with Crippen molar-refractivity contribution in [1.82, 2.24) is 9.13 Å². The highest BCUT2D eigenvalue weighted by Crippen LogP contribution is 2.45. The van der Waals surface area contributed by atoms with Gasteiger partial charge in [0.1, 0.15) is 11.6 Å². The molecule has 8 aromatic carbocycles. The van der Waals surface area contributed by atoms with Crippen molar-refractivity contribution in [3.63, 3.8) is 0 Å². The topological polar surface area (TPSA) is 33.6 Å². The fraction of sp³-hybridized carbons (Fsp3) is 0.0926. The molecular formula is C54H26F15N3. The minimum atomic E-state index is -5.19. The van der Waals surface area contributed by atoms with E-state index >= 15 is 0 Å². The van der Waals surface area contributed by atoms with Crippen molar-refractivity contribution in [3.8, 4) is 50.8 Å². The van der Waals surface area contributed by atoms with Crippen LogP contribution in [-0.2, 0) is 30.9 Å². The maximum absolute atomic E-state index is 14.3. The number of para-hydroxylation sites is 2. The average molecular weight is 1000 g/mol. The Bertz CT molecular complexity index is 3600. The summed E-state index contributed by atoms with van der Waals surface area (Å²) in [4.78, 5) is 0. The van der Waals surface area contributed by atoms with Crippen LogP contribution in [0.1, 0.15) is 33.4 Å². The van der Waals surface area contributed by atoms with Crippen LogP contribution in [0.15, 0.2) is 158 Å². The highest BCUT2D eigenvalue weighted by atomic mass is 19.4. The maximum atomic E-state index is 14.3. The lowest BCUT2D eigenvalue weighted by Crippen LogP contribution is -2.11. The van der Waals surface area contributed by atoms with Gasteiger partial charge >= 0.3 is 30.9 Å². The quantitative estimate of drug-likeness (QED) is 0.158. The lowest BCUT2D eigenvalue weighted by atomic mass is 9.97. The summed E-state index contributed by atoms with van der Waals surface area (Å²) in [6.45, 7) is 0. The van der Waals surface area contributed by atoms with E-state index in [0.29, 0.717) is 56.8 Å². The first kappa shape index (κ1) is 47.5. The Labute approximate surface area is 395 Å². The van der Waals surface area contributed by atoms with Gasteiger partial charge in [0, 0.05) is 21.5 Å². The number of nitriles is 1. The summed E-state index contributed by atoms with van der Waals surface area (Å²) in [6.07, 6.45) is -25.6. The van der Waals surface area contributed by atoms with Gasteiger partial charge in [0.15, 0.2) is 0 Å². The molecule has 3 nitrogen and oxygen atoms in total. The van der Waals surface area contributed by atoms with E-state index in [4.69, 9.17) is 0 Å². The molecule has 18 heteroatoms. The second-order valence-electron chi connectivity index (χ2n) is 16.8. The van der Waals surface area contributed by atoms with Crippen LogP contribution in [-0.4, -0.2) is 9.13 Å². The average Bonchev–Trinajstić information content (AvgIpc) is 3.84. The molecule has 0 atom stereocenters. The molecule has 10 rings (SSSR count). The van der Waals surface area contributed by atoms with E-state index in [1.54, 1.807) is 48.5 Å². The van der Waals surface area contributed by atoms with Crippen molar-refractivity contribution < 1.29 is 65.9 Å². The summed E-state index contributed by atoms with van der Waals surface area (Å²) >= 11 is 0. The van der Waals surface area contributed by atoms with E-state index in [9.17, 15) is 71.1 Å². The number of aromatic nitrogens is 2. The van der Waals surface area contributed by atoms with Gasteiger partial charge in [-0.1, -0.05) is 72.8 Å². The summed E-state index contributed by atoms with van der Waals surface area (Å²) < 4.78 is 215. The molecule has 0 bridgehead atoms. The van der Waals surface area contributed by atoms with Crippen molar-refractivity contribution in [2.75, 3.05) is 0 Å². The van der Waals surface area contributed by atoms with E-state index in [-0.39, 0.29) is 62.4 Å². The van der Waals surface area contributed by atoms with Crippen molar-refractivity contribution in [2.45, 2.75) is 30.9 Å². The SMILES string of the molecule is N#Cc1c(-n2c3ccccc3c3ccc(-c4cc(C(F)(F)F)cc(C(F)(F)F)c4)cc32)cc(-c2cccc(C(F)(F)F)c2)cc1-n1c2ccccc2c2ccc(-c3cc(C(F)(F)F)cc(C(F)(F)F)c3)cc21. The maximum Gasteiger partial charge on any atom is 0.416 e. The van der Waals surface area contributed by atoms with Gasteiger partial charge in [-0.2, -0.15) is 71.1 Å². The Morgan fingerprint density at radius 1 is 0.292 bits per heavy atom. The molecule has 0 N–H and O–H groups in total. The highest BCUT2D eigenvalue weighted by molar-refractivity contribution is 6.12.